The van der Waals surface area contributed by atoms with Gasteiger partial charge >= 0.3 is 0 Å². The topological polar surface area (TPSA) is 58.1 Å². The minimum atomic E-state index is 0.317. The van der Waals surface area contributed by atoms with Gasteiger partial charge in [0.05, 0.1) is 26.0 Å². The Morgan fingerprint density at radius 3 is 2.88 bits per heavy atom. The fourth-order valence-corrected chi connectivity index (χ4v) is 2.93. The predicted octanol–water partition coefficient (Wildman–Crippen LogP) is 2.35. The molecule has 24 heavy (non-hydrogen) atoms. The molecule has 130 valence electrons. The van der Waals surface area contributed by atoms with Crippen LogP contribution in [0.4, 0.5) is 5.69 Å². The van der Waals surface area contributed by atoms with Gasteiger partial charge in [0.2, 0.25) is 0 Å². The number of aliphatic hydroxyl groups is 1. The first-order valence-electron chi connectivity index (χ1n) is 8.53. The average molecular weight is 331 g/mol. The number of aliphatic hydroxyl groups excluding tert-OH is 1. The van der Waals surface area contributed by atoms with Crippen LogP contribution in [0.1, 0.15) is 12.8 Å². The number of hydrogen-bond acceptors (Lipinski definition) is 6. The van der Waals surface area contributed by atoms with E-state index in [-0.39, 0.29) is 0 Å². The molecule has 0 atom stereocenters. The van der Waals surface area contributed by atoms with E-state index in [0.29, 0.717) is 25.5 Å². The molecular formula is C18H25N3O3. The number of ether oxygens (including phenoxy) is 2. The first kappa shape index (κ1) is 16.8. The van der Waals surface area contributed by atoms with E-state index in [4.69, 9.17) is 9.47 Å². The molecule has 0 bridgehead atoms. The molecule has 1 saturated heterocycles. The quantitative estimate of drug-likeness (QED) is 0.738. The normalized spacial score (nSPS) is 18.0. The fourth-order valence-electron chi connectivity index (χ4n) is 2.93. The summed E-state index contributed by atoms with van der Waals surface area (Å²) in [5.74, 6) is 1.06. The third-order valence-corrected chi connectivity index (χ3v) is 4.19. The van der Waals surface area contributed by atoms with Gasteiger partial charge in [-0.05, 0) is 38.1 Å². The zero-order valence-electron chi connectivity index (χ0n) is 13.9. The van der Waals surface area contributed by atoms with Crippen LogP contribution >= 0.6 is 0 Å². The standard InChI is InChI=1S/C18H25N3O3/c22-16-4-3-9-21(15-16)17-14-19-6-5-18(17)24-13-12-23-11-10-20-7-1-2-8-20/h3-6,9,14,22H,1-2,7-8,10-13,15H2. The molecule has 6 nitrogen and oxygen atoms in total. The van der Waals surface area contributed by atoms with E-state index >= 15 is 0 Å². The van der Waals surface area contributed by atoms with E-state index in [1.54, 1.807) is 24.5 Å². The van der Waals surface area contributed by atoms with Crippen LogP contribution in [0.15, 0.2) is 42.6 Å². The van der Waals surface area contributed by atoms with Crippen molar-refractivity contribution >= 4 is 5.69 Å². The summed E-state index contributed by atoms with van der Waals surface area (Å²) in [7, 11) is 0. The maximum atomic E-state index is 9.68. The van der Waals surface area contributed by atoms with Gasteiger partial charge in [0.25, 0.3) is 0 Å². The first-order valence-corrected chi connectivity index (χ1v) is 8.53. The van der Waals surface area contributed by atoms with Crippen molar-refractivity contribution in [1.29, 1.82) is 0 Å². The number of rotatable bonds is 8. The summed E-state index contributed by atoms with van der Waals surface area (Å²) in [4.78, 5) is 8.50. The fraction of sp³-hybridized carbons (Fsp3) is 0.500. The molecule has 3 heterocycles. The number of hydrogen-bond donors (Lipinski definition) is 1. The second-order valence-electron chi connectivity index (χ2n) is 5.98. The van der Waals surface area contributed by atoms with Gasteiger partial charge in [0, 0.05) is 25.0 Å². The summed E-state index contributed by atoms with van der Waals surface area (Å²) in [5.41, 5.74) is 0.838. The van der Waals surface area contributed by atoms with Crippen LogP contribution in [-0.2, 0) is 4.74 Å². The molecule has 0 amide bonds. The van der Waals surface area contributed by atoms with Crippen molar-refractivity contribution in [3.05, 3.63) is 42.6 Å². The number of anilines is 1. The number of aromatic nitrogens is 1. The molecule has 1 aromatic rings. The molecular weight excluding hydrogens is 306 g/mol. The van der Waals surface area contributed by atoms with Crippen molar-refractivity contribution in [1.82, 2.24) is 9.88 Å². The van der Waals surface area contributed by atoms with Crippen molar-refractivity contribution in [2.45, 2.75) is 12.8 Å². The second-order valence-corrected chi connectivity index (χ2v) is 5.98. The van der Waals surface area contributed by atoms with E-state index in [0.717, 1.165) is 24.6 Å². The minimum Gasteiger partial charge on any atom is -0.510 e. The zero-order chi connectivity index (χ0) is 16.6. The van der Waals surface area contributed by atoms with Crippen molar-refractivity contribution in [3.8, 4) is 5.75 Å². The van der Waals surface area contributed by atoms with Crippen molar-refractivity contribution in [2.75, 3.05) is 50.9 Å². The average Bonchev–Trinajstić information content (AvgIpc) is 3.12. The summed E-state index contributed by atoms with van der Waals surface area (Å²) in [6.07, 6.45) is 11.4. The van der Waals surface area contributed by atoms with E-state index in [1.165, 1.54) is 25.9 Å². The highest BCUT2D eigenvalue weighted by Gasteiger charge is 2.14. The van der Waals surface area contributed by atoms with Gasteiger partial charge in [0.1, 0.15) is 23.8 Å². The molecule has 6 heteroatoms. The Balaban J connectivity index is 1.42. The molecule has 1 aromatic heterocycles. The van der Waals surface area contributed by atoms with Crippen LogP contribution < -0.4 is 9.64 Å². The zero-order valence-corrected chi connectivity index (χ0v) is 13.9. The minimum absolute atomic E-state index is 0.317. The molecule has 0 unspecified atom stereocenters. The molecule has 3 rings (SSSR count). The number of nitrogens with zero attached hydrogens (tertiary/aromatic N) is 3. The Morgan fingerprint density at radius 1 is 1.17 bits per heavy atom. The molecule has 2 aliphatic rings. The van der Waals surface area contributed by atoms with E-state index in [9.17, 15) is 5.11 Å². The maximum absolute atomic E-state index is 9.68. The highest BCUT2D eigenvalue weighted by molar-refractivity contribution is 5.60. The maximum Gasteiger partial charge on any atom is 0.146 e. The molecule has 0 aromatic carbocycles. The van der Waals surface area contributed by atoms with Crippen molar-refractivity contribution in [2.24, 2.45) is 0 Å². The summed E-state index contributed by atoms with van der Waals surface area (Å²) in [6, 6.07) is 1.84. The Bertz CT molecular complexity index is 583. The summed E-state index contributed by atoms with van der Waals surface area (Å²) >= 11 is 0. The molecule has 0 saturated carbocycles. The Morgan fingerprint density at radius 2 is 2.04 bits per heavy atom. The van der Waals surface area contributed by atoms with Crippen LogP contribution in [0.5, 0.6) is 5.75 Å². The number of allylic oxidation sites excluding steroid dienone is 2. The lowest BCUT2D eigenvalue weighted by molar-refractivity contribution is 0.0847. The molecule has 1 N–H and O–H groups in total. The largest absolute Gasteiger partial charge is 0.510 e. The van der Waals surface area contributed by atoms with Gasteiger partial charge in [-0.2, -0.15) is 0 Å². The van der Waals surface area contributed by atoms with Gasteiger partial charge in [-0.15, -0.1) is 0 Å². The highest BCUT2D eigenvalue weighted by atomic mass is 16.5. The molecule has 0 radical (unpaired) electrons. The lowest BCUT2D eigenvalue weighted by atomic mass is 10.2. The van der Waals surface area contributed by atoms with Gasteiger partial charge in [0.15, 0.2) is 0 Å². The third-order valence-electron chi connectivity index (χ3n) is 4.19. The third kappa shape index (κ3) is 4.72. The molecule has 2 aliphatic heterocycles. The van der Waals surface area contributed by atoms with Crippen molar-refractivity contribution in [3.63, 3.8) is 0 Å². The monoisotopic (exact) mass is 331 g/mol. The molecule has 1 fully saturated rings. The van der Waals surface area contributed by atoms with E-state index < -0.39 is 0 Å². The SMILES string of the molecule is OC1=CC=CN(c2cnccc2OCCOCCN2CCCC2)C1. The Kier molecular flexibility index (Phi) is 6.09. The van der Waals surface area contributed by atoms with Crippen LogP contribution in [0.25, 0.3) is 0 Å². The molecule has 0 spiro atoms. The van der Waals surface area contributed by atoms with Gasteiger partial charge < -0.3 is 24.4 Å². The van der Waals surface area contributed by atoms with Gasteiger partial charge in [-0.3, -0.25) is 4.98 Å². The second kappa shape index (κ2) is 8.70. The van der Waals surface area contributed by atoms with Crippen LogP contribution in [-0.4, -0.2) is 61.0 Å². The smallest absolute Gasteiger partial charge is 0.146 e. The summed E-state index contributed by atoms with van der Waals surface area (Å²) in [5, 5.41) is 9.68. The lowest BCUT2D eigenvalue weighted by Gasteiger charge is -2.24. The van der Waals surface area contributed by atoms with E-state index in [1.807, 2.05) is 17.2 Å². The number of likely N-dealkylation sites (tertiary alicyclic amines) is 1. The Labute approximate surface area is 143 Å². The first-order chi connectivity index (χ1) is 11.8. The summed E-state index contributed by atoms with van der Waals surface area (Å²) in [6.45, 7) is 5.64. The predicted molar refractivity (Wildman–Crippen MR) is 93.4 cm³/mol. The van der Waals surface area contributed by atoms with Crippen LogP contribution in [0, 0.1) is 0 Å². The van der Waals surface area contributed by atoms with Crippen LogP contribution in [0.2, 0.25) is 0 Å². The summed E-state index contributed by atoms with van der Waals surface area (Å²) < 4.78 is 11.5. The number of pyridine rings is 1. The lowest BCUT2D eigenvalue weighted by Crippen LogP contribution is -2.25. The van der Waals surface area contributed by atoms with Crippen molar-refractivity contribution < 1.29 is 14.6 Å². The Hall–Kier alpha value is -2.05. The van der Waals surface area contributed by atoms with E-state index in [2.05, 4.69) is 9.88 Å². The van der Waals surface area contributed by atoms with Gasteiger partial charge in [-0.1, -0.05) is 0 Å². The highest BCUT2D eigenvalue weighted by Crippen LogP contribution is 2.28. The van der Waals surface area contributed by atoms with Crippen LogP contribution in [0.3, 0.4) is 0 Å². The molecule has 0 aliphatic carbocycles. The van der Waals surface area contributed by atoms with Gasteiger partial charge in [-0.25, -0.2) is 0 Å².